The average molecular weight is 271 g/mol. The van der Waals surface area contributed by atoms with E-state index in [0.29, 0.717) is 5.92 Å². The van der Waals surface area contributed by atoms with Crippen molar-refractivity contribution >= 4 is 41.1 Å². The third-order valence-electron chi connectivity index (χ3n) is 2.78. The van der Waals surface area contributed by atoms with E-state index in [0.717, 1.165) is 15.7 Å². The van der Waals surface area contributed by atoms with Gasteiger partial charge in [-0.15, -0.1) is 24.0 Å². The van der Waals surface area contributed by atoms with Gasteiger partial charge in [0.15, 0.2) is 0 Å². The Kier molecular flexibility index (Phi) is 4.17. The van der Waals surface area contributed by atoms with Crippen LogP contribution in [0.3, 0.4) is 0 Å². The fraction of sp³-hybridized carbons (Fsp3) is 0.385. The van der Waals surface area contributed by atoms with Crippen molar-refractivity contribution in [1.29, 1.82) is 0 Å². The van der Waals surface area contributed by atoms with E-state index in [-0.39, 0.29) is 0 Å². The lowest BCUT2D eigenvalue weighted by Crippen LogP contribution is -2.01. The molecular weight excluding hydrogens is 256 g/mol. The largest absolute Gasteiger partial charge is 0.133 e. The van der Waals surface area contributed by atoms with Gasteiger partial charge in [-0.25, -0.2) is 0 Å². The Morgan fingerprint density at radius 3 is 2.88 bits per heavy atom. The van der Waals surface area contributed by atoms with Crippen LogP contribution in [0.15, 0.2) is 33.5 Å². The summed E-state index contributed by atoms with van der Waals surface area (Å²) in [7, 11) is 0. The molecule has 0 spiro atoms. The first kappa shape index (κ1) is 12.3. The topological polar surface area (TPSA) is 0 Å². The highest BCUT2D eigenvalue weighted by Crippen LogP contribution is 2.37. The zero-order valence-electron chi connectivity index (χ0n) is 9.24. The predicted molar refractivity (Wildman–Crippen MR) is 76.5 cm³/mol. The zero-order valence-corrected chi connectivity index (χ0v) is 11.7. The van der Waals surface area contributed by atoms with Crippen molar-refractivity contribution < 1.29 is 0 Å². The summed E-state index contributed by atoms with van der Waals surface area (Å²) in [6.07, 6.45) is 8.02. The van der Waals surface area contributed by atoms with Gasteiger partial charge in [-0.05, 0) is 30.9 Å². The molecule has 0 nitrogen and oxygen atoms in total. The summed E-state index contributed by atoms with van der Waals surface area (Å²) in [4.78, 5) is 1.22. The van der Waals surface area contributed by atoms with Gasteiger partial charge in [0, 0.05) is 15.5 Å². The van der Waals surface area contributed by atoms with E-state index in [2.05, 4.69) is 37.8 Å². The number of halogens is 1. The Labute approximate surface area is 111 Å². The Morgan fingerprint density at radius 2 is 2.31 bits per heavy atom. The molecule has 0 fully saturated rings. The minimum atomic E-state index is 0.622. The molecule has 1 aliphatic rings. The molecule has 86 valence electrons. The van der Waals surface area contributed by atoms with Crippen LogP contribution >= 0.6 is 35.6 Å². The minimum absolute atomic E-state index is 0.622. The highest BCUT2D eigenvalue weighted by atomic mass is 35.5. The Morgan fingerprint density at radius 1 is 1.50 bits per heavy atom. The molecule has 1 heterocycles. The van der Waals surface area contributed by atoms with Gasteiger partial charge in [-0.1, -0.05) is 37.1 Å². The molecule has 0 aliphatic heterocycles. The molecule has 1 atom stereocenters. The molecule has 2 rings (SSSR count). The summed E-state index contributed by atoms with van der Waals surface area (Å²) in [5, 5.41) is 0.903. The Balaban J connectivity index is 2.17. The second-order valence-electron chi connectivity index (χ2n) is 4.05. The molecule has 0 radical (unpaired) electrons. The molecule has 0 saturated heterocycles. The molecule has 1 aliphatic carbocycles. The van der Waals surface area contributed by atoms with Crippen LogP contribution < -0.4 is 0 Å². The molecule has 0 amide bonds. The van der Waals surface area contributed by atoms with Gasteiger partial charge in [-0.3, -0.25) is 0 Å². The van der Waals surface area contributed by atoms with E-state index in [4.69, 9.17) is 11.6 Å². The van der Waals surface area contributed by atoms with Crippen molar-refractivity contribution in [3.05, 3.63) is 34.2 Å². The predicted octanol–water partition coefficient (Wildman–Crippen LogP) is 5.36. The summed E-state index contributed by atoms with van der Waals surface area (Å²) in [6, 6.07) is 4.11. The lowest BCUT2D eigenvalue weighted by atomic mass is 9.92. The highest BCUT2D eigenvalue weighted by Gasteiger charge is 2.16. The van der Waals surface area contributed by atoms with Crippen LogP contribution in [0.4, 0.5) is 0 Å². The monoisotopic (exact) mass is 270 g/mol. The van der Waals surface area contributed by atoms with Crippen LogP contribution in [0, 0.1) is 5.92 Å². The molecule has 1 aromatic rings. The average Bonchev–Trinajstić information content (AvgIpc) is 2.65. The van der Waals surface area contributed by atoms with Gasteiger partial charge in [0.1, 0.15) is 0 Å². The van der Waals surface area contributed by atoms with Crippen molar-refractivity contribution in [1.82, 2.24) is 0 Å². The SMILES string of the molecule is CCCC1C=C(Cl)C(c2ccc(S)s2)=CC1. The molecule has 0 N–H and O–H groups in total. The van der Waals surface area contributed by atoms with Crippen molar-refractivity contribution in [3.63, 3.8) is 0 Å². The van der Waals surface area contributed by atoms with Crippen molar-refractivity contribution in [2.24, 2.45) is 5.92 Å². The van der Waals surface area contributed by atoms with Gasteiger partial charge >= 0.3 is 0 Å². The maximum atomic E-state index is 6.33. The number of hydrogen-bond acceptors (Lipinski definition) is 2. The second kappa shape index (κ2) is 5.44. The molecule has 1 unspecified atom stereocenters. The van der Waals surface area contributed by atoms with Crippen LogP contribution in [0.2, 0.25) is 0 Å². The van der Waals surface area contributed by atoms with E-state index in [1.165, 1.54) is 23.3 Å². The maximum Gasteiger partial charge on any atom is 0.0574 e. The molecule has 0 saturated carbocycles. The first-order chi connectivity index (χ1) is 7.70. The number of allylic oxidation sites excluding steroid dienone is 4. The highest BCUT2D eigenvalue weighted by molar-refractivity contribution is 7.82. The third kappa shape index (κ3) is 2.73. The third-order valence-corrected chi connectivity index (χ3v) is 4.45. The van der Waals surface area contributed by atoms with Crippen LogP contribution in [-0.2, 0) is 0 Å². The Hall–Kier alpha value is -0.180. The second-order valence-corrected chi connectivity index (χ2v) is 6.33. The summed E-state index contributed by atoms with van der Waals surface area (Å²) in [6.45, 7) is 2.22. The van der Waals surface area contributed by atoms with Crippen LogP contribution in [0.5, 0.6) is 0 Å². The first-order valence-electron chi connectivity index (χ1n) is 5.57. The molecule has 0 bridgehead atoms. The summed E-state index contributed by atoms with van der Waals surface area (Å²) in [5.41, 5.74) is 1.18. The fourth-order valence-corrected chi connectivity index (χ4v) is 3.58. The summed E-state index contributed by atoms with van der Waals surface area (Å²) in [5.74, 6) is 0.622. The van der Waals surface area contributed by atoms with Crippen molar-refractivity contribution in [2.45, 2.75) is 30.4 Å². The summed E-state index contributed by atoms with van der Waals surface area (Å²) < 4.78 is 1.04. The lowest BCUT2D eigenvalue weighted by Gasteiger charge is -2.17. The quantitative estimate of drug-likeness (QED) is 0.702. The molecular formula is C13H15ClS2. The van der Waals surface area contributed by atoms with E-state index >= 15 is 0 Å². The van der Waals surface area contributed by atoms with Crippen LogP contribution in [-0.4, -0.2) is 0 Å². The minimum Gasteiger partial charge on any atom is -0.133 e. The Bertz CT molecular complexity index is 429. The molecule has 16 heavy (non-hydrogen) atoms. The van der Waals surface area contributed by atoms with Crippen LogP contribution in [0.1, 0.15) is 31.1 Å². The maximum absolute atomic E-state index is 6.33. The van der Waals surface area contributed by atoms with Gasteiger partial charge in [-0.2, -0.15) is 0 Å². The van der Waals surface area contributed by atoms with Gasteiger partial charge in [0.25, 0.3) is 0 Å². The molecule has 0 aromatic carbocycles. The first-order valence-corrected chi connectivity index (χ1v) is 7.22. The van der Waals surface area contributed by atoms with E-state index in [1.807, 2.05) is 6.07 Å². The molecule has 1 aromatic heterocycles. The normalized spacial score (nSPS) is 20.6. The van der Waals surface area contributed by atoms with Gasteiger partial charge < -0.3 is 0 Å². The number of hydrogen-bond donors (Lipinski definition) is 1. The number of rotatable bonds is 3. The summed E-state index contributed by atoms with van der Waals surface area (Å²) >= 11 is 12.3. The standard InChI is InChI=1S/C13H15ClS2/c1-2-3-9-4-5-10(11(14)8-9)12-6-7-13(15)16-12/h5-9,15H,2-4H2,1H3. The number of thiol groups is 1. The fourth-order valence-electron chi connectivity index (χ4n) is 1.99. The van der Waals surface area contributed by atoms with Crippen LogP contribution in [0.25, 0.3) is 5.57 Å². The van der Waals surface area contributed by atoms with E-state index in [9.17, 15) is 0 Å². The van der Waals surface area contributed by atoms with Crippen molar-refractivity contribution in [3.8, 4) is 0 Å². The zero-order chi connectivity index (χ0) is 11.5. The van der Waals surface area contributed by atoms with Gasteiger partial charge in [0.2, 0.25) is 0 Å². The molecule has 3 heteroatoms. The van der Waals surface area contributed by atoms with Crippen molar-refractivity contribution in [2.75, 3.05) is 0 Å². The smallest absolute Gasteiger partial charge is 0.0574 e. The van der Waals surface area contributed by atoms with E-state index in [1.54, 1.807) is 11.3 Å². The van der Waals surface area contributed by atoms with Gasteiger partial charge in [0.05, 0.1) is 4.21 Å². The van der Waals surface area contributed by atoms with E-state index < -0.39 is 0 Å². The lowest BCUT2D eigenvalue weighted by molar-refractivity contribution is 0.584. The number of thiophene rings is 1.